The van der Waals surface area contributed by atoms with Gasteiger partial charge in [-0.1, -0.05) is 19.1 Å². The zero-order chi connectivity index (χ0) is 19.2. The summed E-state index contributed by atoms with van der Waals surface area (Å²) in [5.41, 5.74) is 1.13. The first-order valence-corrected chi connectivity index (χ1v) is 10.1. The molecule has 2 saturated heterocycles. The van der Waals surface area contributed by atoms with Crippen LogP contribution in [0.25, 0.3) is 0 Å². The van der Waals surface area contributed by atoms with E-state index in [0.29, 0.717) is 25.4 Å². The van der Waals surface area contributed by atoms with Gasteiger partial charge in [-0.2, -0.15) is 0 Å². The molecule has 2 aliphatic heterocycles. The molecule has 0 aromatic heterocycles. The topological polar surface area (TPSA) is 61.4 Å². The van der Waals surface area contributed by atoms with Crippen molar-refractivity contribution in [1.82, 2.24) is 15.5 Å². The normalized spacial score (nSPS) is 25.9. The molecule has 0 aliphatic carbocycles. The molecular formula is C21H30FN3O2. The van der Waals surface area contributed by atoms with E-state index in [4.69, 9.17) is 0 Å². The molecule has 3 atom stereocenters. The number of piperidine rings is 2. The average molecular weight is 375 g/mol. The minimum absolute atomic E-state index is 0.0482. The first-order chi connectivity index (χ1) is 13.1. The van der Waals surface area contributed by atoms with Gasteiger partial charge in [-0.05, 0) is 55.3 Å². The largest absolute Gasteiger partial charge is 0.355 e. The van der Waals surface area contributed by atoms with Crippen LogP contribution in [0.5, 0.6) is 0 Å². The Morgan fingerprint density at radius 2 is 2.04 bits per heavy atom. The summed E-state index contributed by atoms with van der Waals surface area (Å²) in [6.45, 7) is 5.53. The van der Waals surface area contributed by atoms with Gasteiger partial charge < -0.3 is 15.5 Å². The highest BCUT2D eigenvalue weighted by Gasteiger charge is 2.30. The Morgan fingerprint density at radius 3 is 2.78 bits per heavy atom. The van der Waals surface area contributed by atoms with Crippen molar-refractivity contribution in [2.45, 2.75) is 38.5 Å². The Balaban J connectivity index is 1.56. The van der Waals surface area contributed by atoms with Gasteiger partial charge in [-0.25, -0.2) is 4.39 Å². The van der Waals surface area contributed by atoms with E-state index >= 15 is 0 Å². The van der Waals surface area contributed by atoms with Crippen molar-refractivity contribution >= 4 is 11.8 Å². The summed E-state index contributed by atoms with van der Waals surface area (Å²) in [5, 5.41) is 6.52. The van der Waals surface area contributed by atoms with E-state index in [9.17, 15) is 14.0 Å². The lowest BCUT2D eigenvalue weighted by Gasteiger charge is -2.34. The number of nitrogens with one attached hydrogen (secondary N) is 2. The van der Waals surface area contributed by atoms with Crippen LogP contribution >= 0.6 is 0 Å². The van der Waals surface area contributed by atoms with Crippen molar-refractivity contribution in [3.05, 3.63) is 35.6 Å². The molecule has 1 aromatic carbocycles. The van der Waals surface area contributed by atoms with Crippen LogP contribution in [0, 0.1) is 17.7 Å². The van der Waals surface area contributed by atoms with Crippen LogP contribution in [0.3, 0.4) is 0 Å². The molecule has 2 N–H and O–H groups in total. The Bertz CT molecular complexity index is 649. The second-order valence-corrected chi connectivity index (χ2v) is 7.69. The number of rotatable bonds is 5. The number of likely N-dealkylation sites (tertiary alicyclic amines) is 1. The van der Waals surface area contributed by atoms with Crippen LogP contribution in [0.15, 0.2) is 24.3 Å². The second kappa shape index (κ2) is 9.31. The summed E-state index contributed by atoms with van der Waals surface area (Å²) < 4.78 is 13.2. The molecule has 2 fully saturated rings. The molecule has 27 heavy (non-hydrogen) atoms. The molecule has 0 radical (unpaired) electrons. The van der Waals surface area contributed by atoms with E-state index < -0.39 is 0 Å². The quantitative estimate of drug-likeness (QED) is 0.830. The number of hydrogen-bond acceptors (Lipinski definition) is 3. The monoisotopic (exact) mass is 375 g/mol. The molecule has 0 spiro atoms. The zero-order valence-corrected chi connectivity index (χ0v) is 16.0. The van der Waals surface area contributed by atoms with E-state index in [2.05, 4.69) is 10.6 Å². The van der Waals surface area contributed by atoms with Crippen LogP contribution in [0.2, 0.25) is 0 Å². The van der Waals surface area contributed by atoms with Crippen molar-refractivity contribution in [3.63, 3.8) is 0 Å². The van der Waals surface area contributed by atoms with Crippen molar-refractivity contribution in [2.24, 2.45) is 11.8 Å². The van der Waals surface area contributed by atoms with Crippen LogP contribution in [-0.2, 0) is 9.59 Å². The summed E-state index contributed by atoms with van der Waals surface area (Å²) in [6.07, 6.45) is 3.19. The van der Waals surface area contributed by atoms with Crippen LogP contribution < -0.4 is 10.6 Å². The number of hydrogen-bond donors (Lipinski definition) is 2. The summed E-state index contributed by atoms with van der Waals surface area (Å²) >= 11 is 0. The summed E-state index contributed by atoms with van der Waals surface area (Å²) in [5.74, 6) is 0.435. The van der Waals surface area contributed by atoms with E-state index in [1.165, 1.54) is 12.1 Å². The molecular weight excluding hydrogens is 345 g/mol. The maximum Gasteiger partial charge on any atom is 0.224 e. The van der Waals surface area contributed by atoms with Gasteiger partial charge >= 0.3 is 0 Å². The lowest BCUT2D eigenvalue weighted by molar-refractivity contribution is -0.135. The molecule has 1 aromatic rings. The Hall–Kier alpha value is -1.95. The third-order valence-corrected chi connectivity index (χ3v) is 5.89. The minimum Gasteiger partial charge on any atom is -0.355 e. The van der Waals surface area contributed by atoms with Crippen LogP contribution in [0.1, 0.15) is 44.1 Å². The van der Waals surface area contributed by atoms with Gasteiger partial charge in [0, 0.05) is 32.6 Å². The van der Waals surface area contributed by atoms with E-state index in [-0.39, 0.29) is 29.5 Å². The van der Waals surface area contributed by atoms with E-state index in [1.54, 1.807) is 0 Å². The molecule has 3 rings (SSSR count). The zero-order valence-electron chi connectivity index (χ0n) is 16.0. The SMILES string of the molecule is CCC(=O)N1CCCC(C(=O)NC[C@@H]2CNCC[C@@H]2c2ccc(F)cc2)C1. The Kier molecular flexibility index (Phi) is 6.83. The summed E-state index contributed by atoms with van der Waals surface area (Å²) in [4.78, 5) is 26.4. The number of amides is 2. The van der Waals surface area contributed by atoms with Gasteiger partial charge in [-0.15, -0.1) is 0 Å². The number of benzene rings is 1. The summed E-state index contributed by atoms with van der Waals surface area (Å²) in [7, 11) is 0. The molecule has 2 amide bonds. The van der Waals surface area contributed by atoms with Gasteiger partial charge in [0.25, 0.3) is 0 Å². The molecule has 148 valence electrons. The Labute approximate surface area is 160 Å². The Morgan fingerprint density at radius 1 is 1.26 bits per heavy atom. The highest BCUT2D eigenvalue weighted by atomic mass is 19.1. The molecule has 0 saturated carbocycles. The fraction of sp³-hybridized carbons (Fsp3) is 0.619. The standard InChI is InChI=1S/C21H30FN3O2/c1-2-20(26)25-11-3-4-16(14-25)21(27)24-13-17-12-23-10-9-19(17)15-5-7-18(22)8-6-15/h5-8,16-17,19,23H,2-4,9-14H2,1H3,(H,24,27)/t16?,17-,19+/m0/s1. The van der Waals surface area contributed by atoms with Gasteiger partial charge in [0.15, 0.2) is 0 Å². The van der Waals surface area contributed by atoms with Crippen LogP contribution in [0.4, 0.5) is 4.39 Å². The third-order valence-electron chi connectivity index (χ3n) is 5.89. The molecule has 6 heteroatoms. The molecule has 2 aliphatic rings. The van der Waals surface area contributed by atoms with Crippen LogP contribution in [-0.4, -0.2) is 49.4 Å². The predicted octanol–water partition coefficient (Wildman–Crippen LogP) is 2.28. The maximum atomic E-state index is 13.2. The number of carbonyl (C=O) groups excluding carboxylic acids is 2. The summed E-state index contributed by atoms with van der Waals surface area (Å²) in [6, 6.07) is 6.73. The first-order valence-electron chi connectivity index (χ1n) is 10.1. The average Bonchev–Trinajstić information content (AvgIpc) is 2.72. The fourth-order valence-corrected chi connectivity index (χ4v) is 4.30. The lowest BCUT2D eigenvalue weighted by Crippen LogP contribution is -2.47. The predicted molar refractivity (Wildman–Crippen MR) is 103 cm³/mol. The highest BCUT2D eigenvalue weighted by molar-refractivity contribution is 5.81. The second-order valence-electron chi connectivity index (χ2n) is 7.69. The number of nitrogens with zero attached hydrogens (tertiary/aromatic N) is 1. The van der Waals surface area contributed by atoms with Gasteiger partial charge in [-0.3, -0.25) is 9.59 Å². The fourth-order valence-electron chi connectivity index (χ4n) is 4.30. The van der Waals surface area contributed by atoms with Crippen molar-refractivity contribution in [3.8, 4) is 0 Å². The molecule has 1 unspecified atom stereocenters. The van der Waals surface area contributed by atoms with Crippen molar-refractivity contribution in [2.75, 3.05) is 32.7 Å². The highest BCUT2D eigenvalue weighted by Crippen LogP contribution is 2.30. The molecule has 0 bridgehead atoms. The van der Waals surface area contributed by atoms with E-state index in [0.717, 1.165) is 44.5 Å². The van der Waals surface area contributed by atoms with Gasteiger partial charge in [0.05, 0.1) is 5.92 Å². The van der Waals surface area contributed by atoms with Crippen molar-refractivity contribution < 1.29 is 14.0 Å². The first kappa shape index (κ1) is 19.8. The lowest BCUT2D eigenvalue weighted by atomic mass is 9.81. The number of carbonyl (C=O) groups is 2. The van der Waals surface area contributed by atoms with E-state index in [1.807, 2.05) is 24.0 Å². The molecule has 2 heterocycles. The third kappa shape index (κ3) is 5.06. The molecule has 5 nitrogen and oxygen atoms in total. The van der Waals surface area contributed by atoms with Gasteiger partial charge in [0.2, 0.25) is 11.8 Å². The van der Waals surface area contributed by atoms with Crippen molar-refractivity contribution in [1.29, 1.82) is 0 Å². The minimum atomic E-state index is -0.221. The maximum absolute atomic E-state index is 13.2. The van der Waals surface area contributed by atoms with Gasteiger partial charge in [0.1, 0.15) is 5.82 Å². The smallest absolute Gasteiger partial charge is 0.224 e. The number of halogens is 1.